The van der Waals surface area contributed by atoms with Gasteiger partial charge < -0.3 is 14.8 Å². The lowest BCUT2D eigenvalue weighted by Gasteiger charge is -2.16. The third kappa shape index (κ3) is 5.03. The number of carbonyl (C=O) groups excluding carboxylic acids is 1. The molecule has 0 bridgehead atoms. The topological polar surface area (TPSA) is 94.4 Å². The van der Waals surface area contributed by atoms with Crippen LogP contribution in [0.1, 0.15) is 45.8 Å². The van der Waals surface area contributed by atoms with Crippen molar-refractivity contribution in [1.29, 1.82) is 0 Å². The number of anilines is 1. The zero-order valence-corrected chi connectivity index (χ0v) is 17.8. The number of hydrogen-bond acceptors (Lipinski definition) is 7. The van der Waals surface area contributed by atoms with E-state index in [4.69, 9.17) is 9.47 Å². The molecule has 2 aromatic heterocycles. The molecule has 0 aromatic carbocycles. The second kappa shape index (κ2) is 9.20. The van der Waals surface area contributed by atoms with Gasteiger partial charge >= 0.3 is 0 Å². The first-order valence-electron chi connectivity index (χ1n) is 10.6. The molecule has 4 rings (SSSR count). The van der Waals surface area contributed by atoms with E-state index in [0.717, 1.165) is 19.4 Å². The normalized spacial score (nSPS) is 22.0. The maximum absolute atomic E-state index is 12.3. The molecule has 2 aromatic rings. The van der Waals surface area contributed by atoms with Gasteiger partial charge in [0, 0.05) is 18.7 Å². The van der Waals surface area contributed by atoms with E-state index in [1.807, 2.05) is 24.5 Å². The van der Waals surface area contributed by atoms with Crippen LogP contribution >= 0.6 is 0 Å². The molecule has 2 unspecified atom stereocenters. The number of aromatic nitrogens is 4. The molecular weight excluding hydrogens is 384 g/mol. The standard InChI is InChI=1S/C21H30N6O3/c1-14(2)29-11-16-8-9-18(30-16)27-13-24-19-20(22-12-23-21(19)27)25-17(28)5-4-10-26(3)15-6-7-15/h4-5,12-16,18H,6-11H2,1-3H3,(H,22,23,25,28)/b5-4+. The van der Waals surface area contributed by atoms with Crippen LogP contribution in [0.2, 0.25) is 0 Å². The lowest BCUT2D eigenvalue weighted by Crippen LogP contribution is -2.21. The molecule has 0 spiro atoms. The van der Waals surface area contributed by atoms with Crippen LogP contribution in [0.15, 0.2) is 24.8 Å². The SMILES string of the molecule is CC(C)OCC1CCC(n2cnc3c(NC(=O)/C=C/CN(C)C4CC4)ncnc32)O1. The van der Waals surface area contributed by atoms with Gasteiger partial charge in [0.1, 0.15) is 12.6 Å². The van der Waals surface area contributed by atoms with Crippen molar-refractivity contribution in [3.8, 4) is 0 Å². The van der Waals surface area contributed by atoms with Crippen molar-refractivity contribution >= 4 is 22.9 Å². The van der Waals surface area contributed by atoms with E-state index in [9.17, 15) is 4.79 Å². The third-order valence-electron chi connectivity index (χ3n) is 5.44. The van der Waals surface area contributed by atoms with Crippen LogP contribution in [-0.4, -0.2) is 68.8 Å². The van der Waals surface area contributed by atoms with E-state index in [1.165, 1.54) is 19.2 Å². The molecule has 0 radical (unpaired) electrons. The molecular formula is C21H30N6O3. The van der Waals surface area contributed by atoms with Gasteiger partial charge in [0.05, 0.1) is 25.1 Å². The molecule has 9 heteroatoms. The third-order valence-corrected chi connectivity index (χ3v) is 5.44. The lowest BCUT2D eigenvalue weighted by molar-refractivity contribution is -0.111. The molecule has 2 fully saturated rings. The predicted octanol–water partition coefficient (Wildman–Crippen LogP) is 2.52. The summed E-state index contributed by atoms with van der Waals surface area (Å²) in [5.41, 5.74) is 1.20. The number of imidazole rings is 1. The van der Waals surface area contributed by atoms with Crippen molar-refractivity contribution in [2.75, 3.05) is 25.5 Å². The maximum Gasteiger partial charge on any atom is 0.249 e. The van der Waals surface area contributed by atoms with Gasteiger partial charge in [0.25, 0.3) is 0 Å². The molecule has 1 saturated carbocycles. The molecule has 2 atom stereocenters. The first-order valence-corrected chi connectivity index (χ1v) is 10.6. The van der Waals surface area contributed by atoms with Gasteiger partial charge in [0.2, 0.25) is 5.91 Å². The van der Waals surface area contributed by atoms with Crippen LogP contribution < -0.4 is 5.32 Å². The number of likely N-dealkylation sites (N-methyl/N-ethyl adjacent to an activating group) is 1. The number of hydrogen-bond donors (Lipinski definition) is 1. The molecule has 1 aliphatic carbocycles. The average molecular weight is 415 g/mol. The number of amides is 1. The summed E-state index contributed by atoms with van der Waals surface area (Å²) in [4.78, 5) is 27.6. The van der Waals surface area contributed by atoms with Gasteiger partial charge in [-0.25, -0.2) is 15.0 Å². The molecule has 9 nitrogen and oxygen atoms in total. The van der Waals surface area contributed by atoms with Crippen molar-refractivity contribution in [2.24, 2.45) is 0 Å². The second-order valence-corrected chi connectivity index (χ2v) is 8.28. The summed E-state index contributed by atoms with van der Waals surface area (Å²) >= 11 is 0. The number of nitrogens with one attached hydrogen (secondary N) is 1. The summed E-state index contributed by atoms with van der Waals surface area (Å²) in [6.07, 6.45) is 10.9. The van der Waals surface area contributed by atoms with Crippen molar-refractivity contribution in [2.45, 2.75) is 64.0 Å². The first-order chi connectivity index (χ1) is 14.5. The number of carbonyl (C=O) groups is 1. The molecule has 1 amide bonds. The predicted molar refractivity (Wildman–Crippen MR) is 113 cm³/mol. The number of rotatable bonds is 9. The van der Waals surface area contributed by atoms with E-state index in [1.54, 1.807) is 12.4 Å². The minimum Gasteiger partial charge on any atom is -0.376 e. The Labute approximate surface area is 176 Å². The van der Waals surface area contributed by atoms with Gasteiger partial charge in [-0.3, -0.25) is 14.3 Å². The Morgan fingerprint density at radius 3 is 2.93 bits per heavy atom. The van der Waals surface area contributed by atoms with E-state index in [-0.39, 0.29) is 24.3 Å². The molecule has 1 saturated heterocycles. The summed E-state index contributed by atoms with van der Waals surface area (Å²) in [7, 11) is 2.07. The molecule has 1 aliphatic heterocycles. The summed E-state index contributed by atoms with van der Waals surface area (Å²) in [6, 6.07) is 0.664. The van der Waals surface area contributed by atoms with E-state index in [0.29, 0.717) is 29.6 Å². The van der Waals surface area contributed by atoms with Crippen molar-refractivity contribution in [3.05, 3.63) is 24.8 Å². The summed E-state index contributed by atoms with van der Waals surface area (Å²) < 4.78 is 13.7. The number of nitrogens with zero attached hydrogens (tertiary/aromatic N) is 5. The van der Waals surface area contributed by atoms with Crippen LogP contribution in [0.25, 0.3) is 11.2 Å². The van der Waals surface area contributed by atoms with Crippen LogP contribution in [0.3, 0.4) is 0 Å². The van der Waals surface area contributed by atoms with Gasteiger partial charge in [-0.05, 0) is 46.6 Å². The van der Waals surface area contributed by atoms with Crippen LogP contribution in [-0.2, 0) is 14.3 Å². The smallest absolute Gasteiger partial charge is 0.249 e. The van der Waals surface area contributed by atoms with E-state index >= 15 is 0 Å². The fourth-order valence-electron chi connectivity index (χ4n) is 3.62. The van der Waals surface area contributed by atoms with Crippen LogP contribution in [0.5, 0.6) is 0 Å². The van der Waals surface area contributed by atoms with Gasteiger partial charge in [-0.2, -0.15) is 0 Å². The Morgan fingerprint density at radius 1 is 1.33 bits per heavy atom. The van der Waals surface area contributed by atoms with Gasteiger partial charge in [-0.15, -0.1) is 0 Å². The Morgan fingerprint density at radius 2 is 2.17 bits per heavy atom. The van der Waals surface area contributed by atoms with E-state index in [2.05, 4.69) is 32.2 Å². The lowest BCUT2D eigenvalue weighted by atomic mass is 10.2. The highest BCUT2D eigenvalue weighted by Crippen LogP contribution is 2.31. The zero-order chi connectivity index (χ0) is 21.1. The van der Waals surface area contributed by atoms with Crippen molar-refractivity contribution in [1.82, 2.24) is 24.4 Å². The van der Waals surface area contributed by atoms with Gasteiger partial charge in [0.15, 0.2) is 17.0 Å². The Kier molecular flexibility index (Phi) is 6.40. The highest BCUT2D eigenvalue weighted by atomic mass is 16.6. The quantitative estimate of drug-likeness (QED) is 0.630. The minimum absolute atomic E-state index is 0.0646. The van der Waals surface area contributed by atoms with Crippen molar-refractivity contribution < 1.29 is 14.3 Å². The molecule has 3 heterocycles. The first kappa shape index (κ1) is 20.9. The highest BCUT2D eigenvalue weighted by molar-refractivity contribution is 6.02. The Balaban J connectivity index is 1.39. The number of ether oxygens (including phenoxy) is 2. The summed E-state index contributed by atoms with van der Waals surface area (Å²) in [5, 5.41) is 2.82. The van der Waals surface area contributed by atoms with Crippen LogP contribution in [0.4, 0.5) is 5.82 Å². The Bertz CT molecular complexity index is 907. The average Bonchev–Trinajstić information content (AvgIpc) is 3.31. The van der Waals surface area contributed by atoms with Crippen molar-refractivity contribution in [3.63, 3.8) is 0 Å². The second-order valence-electron chi connectivity index (χ2n) is 8.28. The summed E-state index contributed by atoms with van der Waals surface area (Å²) in [5.74, 6) is 0.179. The fourth-order valence-corrected chi connectivity index (χ4v) is 3.62. The monoisotopic (exact) mass is 414 g/mol. The molecule has 162 valence electrons. The summed E-state index contributed by atoms with van der Waals surface area (Å²) in [6.45, 7) is 5.37. The minimum atomic E-state index is -0.225. The molecule has 1 N–H and O–H groups in total. The zero-order valence-electron chi connectivity index (χ0n) is 17.8. The molecule has 30 heavy (non-hydrogen) atoms. The van der Waals surface area contributed by atoms with Gasteiger partial charge in [-0.1, -0.05) is 6.08 Å². The largest absolute Gasteiger partial charge is 0.376 e. The van der Waals surface area contributed by atoms with E-state index < -0.39 is 0 Å². The highest BCUT2D eigenvalue weighted by Gasteiger charge is 2.29. The fraction of sp³-hybridized carbons (Fsp3) is 0.619. The molecule has 2 aliphatic rings. The maximum atomic E-state index is 12.3. The van der Waals surface area contributed by atoms with Crippen LogP contribution in [0, 0.1) is 0 Å². The number of fused-ring (bicyclic) bond motifs is 1. The Hall–Kier alpha value is -2.36.